The van der Waals surface area contributed by atoms with Gasteiger partial charge in [0, 0.05) is 0 Å². The van der Waals surface area contributed by atoms with Crippen LogP contribution in [-0.2, 0) is 14.6 Å². The van der Waals surface area contributed by atoms with Crippen molar-refractivity contribution in [3.8, 4) is 5.75 Å². The lowest BCUT2D eigenvalue weighted by Gasteiger charge is -2.35. The Kier molecular flexibility index (Phi) is 2.95. The zero-order valence-electron chi connectivity index (χ0n) is 9.55. The van der Waals surface area contributed by atoms with Gasteiger partial charge in [0.2, 0.25) is 0 Å². The number of methoxy groups -OCH3 is 1. The molecule has 2 rings (SSSR count). The molecule has 4 nitrogen and oxygen atoms in total. The van der Waals surface area contributed by atoms with Gasteiger partial charge in [-0.2, -0.15) is 0 Å². The van der Waals surface area contributed by atoms with E-state index in [1.165, 1.54) is 13.2 Å². The molecular weight excluding hydrogens is 240 g/mol. The Morgan fingerprint density at radius 2 is 1.94 bits per heavy atom. The van der Waals surface area contributed by atoms with Crippen molar-refractivity contribution in [2.45, 2.75) is 28.9 Å². The maximum Gasteiger partial charge on any atom is 0.194 e. The van der Waals surface area contributed by atoms with Gasteiger partial charge in [0.25, 0.3) is 0 Å². The molecule has 0 unspecified atom stereocenters. The lowest BCUT2D eigenvalue weighted by molar-refractivity contribution is -0.111. The van der Waals surface area contributed by atoms with Crippen LogP contribution in [0.1, 0.15) is 19.3 Å². The first-order valence-electron chi connectivity index (χ1n) is 5.41. The monoisotopic (exact) mass is 254 g/mol. The van der Waals surface area contributed by atoms with Crippen LogP contribution in [0.5, 0.6) is 5.75 Å². The molecule has 0 amide bonds. The van der Waals surface area contributed by atoms with Crippen LogP contribution in [-0.4, -0.2) is 26.6 Å². The molecule has 0 heterocycles. The zero-order chi connectivity index (χ0) is 12.5. The molecule has 0 radical (unpaired) electrons. The Morgan fingerprint density at radius 1 is 1.29 bits per heavy atom. The number of carbonyl (C=O) groups is 1. The SMILES string of the molecule is COc1ccccc1S(=O)(=O)C1(C=O)CCC1. The number of benzene rings is 1. The summed E-state index contributed by atoms with van der Waals surface area (Å²) in [6.45, 7) is 0. The number of hydrogen-bond donors (Lipinski definition) is 0. The van der Waals surface area contributed by atoms with E-state index in [0.29, 0.717) is 24.9 Å². The van der Waals surface area contributed by atoms with Crippen LogP contribution in [0.25, 0.3) is 0 Å². The number of carbonyl (C=O) groups excluding carboxylic acids is 1. The second-order valence-electron chi connectivity index (χ2n) is 4.19. The molecular formula is C12H14O4S. The van der Waals surface area contributed by atoms with E-state index in [4.69, 9.17) is 4.74 Å². The summed E-state index contributed by atoms with van der Waals surface area (Å²) in [6, 6.07) is 6.40. The largest absolute Gasteiger partial charge is 0.495 e. The molecule has 0 aromatic heterocycles. The molecule has 1 saturated carbocycles. The van der Waals surface area contributed by atoms with Gasteiger partial charge in [-0.3, -0.25) is 0 Å². The minimum Gasteiger partial charge on any atom is -0.495 e. The highest BCUT2D eigenvalue weighted by Gasteiger charge is 2.50. The number of sulfone groups is 1. The third kappa shape index (κ3) is 1.65. The molecule has 1 aromatic carbocycles. The predicted molar refractivity (Wildman–Crippen MR) is 62.8 cm³/mol. The fourth-order valence-corrected chi connectivity index (χ4v) is 4.10. The molecule has 1 aliphatic rings. The molecule has 0 saturated heterocycles. The highest BCUT2D eigenvalue weighted by Crippen LogP contribution is 2.43. The zero-order valence-corrected chi connectivity index (χ0v) is 10.4. The van der Waals surface area contributed by atoms with Crippen molar-refractivity contribution >= 4 is 16.1 Å². The Hall–Kier alpha value is -1.36. The van der Waals surface area contributed by atoms with Crippen molar-refractivity contribution in [1.29, 1.82) is 0 Å². The molecule has 0 bridgehead atoms. The fraction of sp³-hybridized carbons (Fsp3) is 0.417. The van der Waals surface area contributed by atoms with Crippen LogP contribution in [0, 0.1) is 0 Å². The smallest absolute Gasteiger partial charge is 0.194 e. The molecule has 0 atom stereocenters. The van der Waals surface area contributed by atoms with Gasteiger partial charge in [0.05, 0.1) is 7.11 Å². The highest BCUT2D eigenvalue weighted by atomic mass is 32.2. The minimum absolute atomic E-state index is 0.106. The van der Waals surface area contributed by atoms with E-state index in [9.17, 15) is 13.2 Å². The van der Waals surface area contributed by atoms with E-state index in [2.05, 4.69) is 0 Å². The van der Waals surface area contributed by atoms with Gasteiger partial charge in [-0.05, 0) is 31.4 Å². The molecule has 1 aliphatic carbocycles. The van der Waals surface area contributed by atoms with Gasteiger partial charge in [0.15, 0.2) is 9.84 Å². The average molecular weight is 254 g/mol. The van der Waals surface area contributed by atoms with E-state index in [1.54, 1.807) is 18.2 Å². The van der Waals surface area contributed by atoms with Crippen molar-refractivity contribution in [2.75, 3.05) is 7.11 Å². The topological polar surface area (TPSA) is 60.4 Å². The second-order valence-corrected chi connectivity index (χ2v) is 6.45. The van der Waals surface area contributed by atoms with Crippen LogP contribution in [0.2, 0.25) is 0 Å². The number of ether oxygens (including phenoxy) is 1. The standard InChI is InChI=1S/C12H14O4S/c1-16-10-5-2-3-6-11(10)17(14,15)12(9-13)7-4-8-12/h2-3,5-6,9H,4,7-8H2,1H3. The van der Waals surface area contributed by atoms with Crippen molar-refractivity contribution in [3.63, 3.8) is 0 Å². The number of aldehydes is 1. The first-order chi connectivity index (χ1) is 8.07. The lowest BCUT2D eigenvalue weighted by Crippen LogP contribution is -2.46. The maximum absolute atomic E-state index is 12.4. The Bertz CT molecular complexity index is 529. The van der Waals surface area contributed by atoms with Crippen LogP contribution in [0.3, 0.4) is 0 Å². The number of hydrogen-bond acceptors (Lipinski definition) is 4. The number of rotatable bonds is 4. The molecule has 1 fully saturated rings. The first kappa shape index (κ1) is 12.1. The van der Waals surface area contributed by atoms with Crippen LogP contribution < -0.4 is 4.74 Å². The third-order valence-corrected chi connectivity index (χ3v) is 5.80. The Labute approximate surface area is 101 Å². The van der Waals surface area contributed by atoms with E-state index >= 15 is 0 Å². The highest BCUT2D eigenvalue weighted by molar-refractivity contribution is 7.93. The normalized spacial score (nSPS) is 18.2. The van der Waals surface area contributed by atoms with Gasteiger partial charge in [-0.1, -0.05) is 12.1 Å². The van der Waals surface area contributed by atoms with Gasteiger partial charge in [-0.15, -0.1) is 0 Å². The van der Waals surface area contributed by atoms with E-state index in [-0.39, 0.29) is 4.90 Å². The summed E-state index contributed by atoms with van der Waals surface area (Å²) in [4.78, 5) is 11.2. The molecule has 17 heavy (non-hydrogen) atoms. The van der Waals surface area contributed by atoms with Gasteiger partial charge >= 0.3 is 0 Å². The summed E-state index contributed by atoms with van der Waals surface area (Å²) in [7, 11) is -2.23. The molecule has 92 valence electrons. The van der Waals surface area contributed by atoms with Crippen molar-refractivity contribution in [3.05, 3.63) is 24.3 Å². The van der Waals surface area contributed by atoms with Gasteiger partial charge < -0.3 is 9.53 Å². The third-order valence-electron chi connectivity index (χ3n) is 3.31. The molecule has 5 heteroatoms. The molecule has 0 aliphatic heterocycles. The van der Waals surface area contributed by atoms with Crippen LogP contribution >= 0.6 is 0 Å². The molecule has 1 aromatic rings. The predicted octanol–water partition coefficient (Wildman–Crippen LogP) is 1.59. The fourth-order valence-electron chi connectivity index (χ4n) is 2.03. The quantitative estimate of drug-likeness (QED) is 0.765. The number of para-hydroxylation sites is 1. The Morgan fingerprint density at radius 3 is 2.41 bits per heavy atom. The van der Waals surface area contributed by atoms with Crippen molar-refractivity contribution in [2.24, 2.45) is 0 Å². The molecule has 0 spiro atoms. The summed E-state index contributed by atoms with van der Waals surface area (Å²) < 4.78 is 28.7. The van der Waals surface area contributed by atoms with Crippen LogP contribution in [0.15, 0.2) is 29.2 Å². The minimum atomic E-state index is -3.65. The second kappa shape index (κ2) is 4.14. The van der Waals surface area contributed by atoms with E-state index in [1.807, 2.05) is 0 Å². The average Bonchev–Trinajstić information content (AvgIpc) is 2.28. The summed E-state index contributed by atoms with van der Waals surface area (Å²) >= 11 is 0. The van der Waals surface area contributed by atoms with Gasteiger partial charge in [-0.25, -0.2) is 8.42 Å². The molecule has 0 N–H and O–H groups in total. The van der Waals surface area contributed by atoms with E-state index in [0.717, 1.165) is 6.42 Å². The summed E-state index contributed by atoms with van der Waals surface area (Å²) in [5, 5.41) is 0. The summed E-state index contributed by atoms with van der Waals surface area (Å²) in [6.07, 6.45) is 2.14. The van der Waals surface area contributed by atoms with Crippen LogP contribution in [0.4, 0.5) is 0 Å². The van der Waals surface area contributed by atoms with Crippen molar-refractivity contribution < 1.29 is 17.9 Å². The first-order valence-corrected chi connectivity index (χ1v) is 6.90. The van der Waals surface area contributed by atoms with Crippen molar-refractivity contribution in [1.82, 2.24) is 0 Å². The maximum atomic E-state index is 12.4. The summed E-state index contributed by atoms with van der Waals surface area (Å²) in [5.41, 5.74) is 0. The lowest BCUT2D eigenvalue weighted by atomic mass is 9.86. The Balaban J connectivity index is 2.55. The van der Waals surface area contributed by atoms with E-state index < -0.39 is 14.6 Å². The van der Waals surface area contributed by atoms with Gasteiger partial charge in [0.1, 0.15) is 21.7 Å². The summed E-state index contributed by atoms with van der Waals surface area (Å²) in [5.74, 6) is 0.292.